The van der Waals surface area contributed by atoms with Crippen LogP contribution in [0.1, 0.15) is 25.0 Å². The summed E-state index contributed by atoms with van der Waals surface area (Å²) in [4.78, 5) is 19.4. The molecule has 4 nitrogen and oxygen atoms in total. The van der Waals surface area contributed by atoms with Gasteiger partial charge in [-0.1, -0.05) is 129 Å². The highest BCUT2D eigenvalue weighted by Gasteiger charge is 2.35. The Morgan fingerprint density at radius 1 is 0.400 bits per heavy atom. The summed E-state index contributed by atoms with van der Waals surface area (Å²) in [6, 6.07) is 48.4. The quantitative estimate of drug-likeness (QED) is 0.204. The van der Waals surface area contributed by atoms with E-state index in [2.05, 4.69) is 110 Å². The zero-order valence-corrected chi connectivity index (χ0v) is 25.1. The van der Waals surface area contributed by atoms with E-state index in [9.17, 15) is 0 Å². The van der Waals surface area contributed by atoms with Gasteiger partial charge in [0.05, 0.1) is 5.69 Å². The molecular formula is C41H30N4. The minimum Gasteiger partial charge on any atom is -0.256 e. The molecule has 1 aliphatic rings. The lowest BCUT2D eigenvalue weighted by Crippen LogP contribution is -2.14. The first-order valence-corrected chi connectivity index (χ1v) is 15.2. The van der Waals surface area contributed by atoms with Crippen molar-refractivity contribution >= 4 is 0 Å². The second kappa shape index (κ2) is 10.8. The smallest absolute Gasteiger partial charge is 0.164 e. The van der Waals surface area contributed by atoms with E-state index in [-0.39, 0.29) is 5.41 Å². The highest BCUT2D eigenvalue weighted by molar-refractivity contribution is 5.85. The van der Waals surface area contributed by atoms with Crippen LogP contribution in [0.4, 0.5) is 0 Å². The molecule has 0 fully saturated rings. The molecule has 0 unspecified atom stereocenters. The number of pyridine rings is 1. The van der Waals surface area contributed by atoms with Crippen molar-refractivity contribution in [2.45, 2.75) is 19.3 Å². The highest BCUT2D eigenvalue weighted by atomic mass is 15.0. The van der Waals surface area contributed by atoms with Gasteiger partial charge in [0.15, 0.2) is 17.5 Å². The third kappa shape index (κ3) is 4.81. The predicted octanol–water partition coefficient (Wildman–Crippen LogP) is 9.91. The second-order valence-electron chi connectivity index (χ2n) is 12.0. The Bertz CT molecular complexity index is 2170. The summed E-state index contributed by atoms with van der Waals surface area (Å²) < 4.78 is 0. The Hall–Kier alpha value is -5.74. The van der Waals surface area contributed by atoms with Crippen LogP contribution in [-0.2, 0) is 5.41 Å². The van der Waals surface area contributed by atoms with E-state index in [0.717, 1.165) is 33.5 Å². The van der Waals surface area contributed by atoms with Gasteiger partial charge in [-0.2, -0.15) is 0 Å². The molecule has 8 rings (SSSR count). The zero-order chi connectivity index (χ0) is 30.4. The van der Waals surface area contributed by atoms with E-state index >= 15 is 0 Å². The highest BCUT2D eigenvalue weighted by Crippen LogP contribution is 2.49. The van der Waals surface area contributed by atoms with Crippen LogP contribution in [0, 0.1) is 0 Å². The molecular weight excluding hydrogens is 548 g/mol. The molecule has 45 heavy (non-hydrogen) atoms. The van der Waals surface area contributed by atoms with Crippen LogP contribution in [0.15, 0.2) is 146 Å². The molecule has 2 heterocycles. The molecule has 0 spiro atoms. The summed E-state index contributed by atoms with van der Waals surface area (Å²) in [6.45, 7) is 4.62. The molecule has 7 aromatic rings. The zero-order valence-electron chi connectivity index (χ0n) is 25.1. The van der Waals surface area contributed by atoms with Crippen molar-refractivity contribution in [2.24, 2.45) is 0 Å². The van der Waals surface area contributed by atoms with Crippen molar-refractivity contribution in [2.75, 3.05) is 0 Å². The average molecular weight is 579 g/mol. The minimum absolute atomic E-state index is 0.0166. The first-order chi connectivity index (χ1) is 22.0. The third-order valence-electron chi connectivity index (χ3n) is 8.81. The van der Waals surface area contributed by atoms with E-state index in [4.69, 9.17) is 15.0 Å². The molecule has 0 amide bonds. The van der Waals surface area contributed by atoms with E-state index < -0.39 is 0 Å². The molecule has 2 aromatic heterocycles. The van der Waals surface area contributed by atoms with Gasteiger partial charge < -0.3 is 0 Å². The number of fused-ring (bicyclic) bond motifs is 3. The predicted molar refractivity (Wildman–Crippen MR) is 182 cm³/mol. The maximum atomic E-state index is 5.01. The fraction of sp³-hybridized carbons (Fsp3) is 0.0732. The second-order valence-corrected chi connectivity index (χ2v) is 12.0. The van der Waals surface area contributed by atoms with Gasteiger partial charge in [-0.05, 0) is 57.6 Å². The van der Waals surface area contributed by atoms with Crippen molar-refractivity contribution in [3.8, 4) is 67.7 Å². The molecule has 214 valence electrons. The van der Waals surface area contributed by atoms with Crippen molar-refractivity contribution in [1.29, 1.82) is 0 Å². The Kier molecular flexibility index (Phi) is 6.42. The fourth-order valence-corrected chi connectivity index (χ4v) is 6.41. The lowest BCUT2D eigenvalue weighted by Gasteiger charge is -2.21. The number of rotatable bonds is 5. The number of hydrogen-bond donors (Lipinski definition) is 0. The lowest BCUT2D eigenvalue weighted by atomic mass is 9.82. The van der Waals surface area contributed by atoms with Crippen LogP contribution in [0.5, 0.6) is 0 Å². The minimum atomic E-state index is -0.0166. The van der Waals surface area contributed by atoms with Gasteiger partial charge in [0.1, 0.15) is 0 Å². The van der Waals surface area contributed by atoms with E-state index in [1.807, 2.05) is 54.7 Å². The van der Waals surface area contributed by atoms with Gasteiger partial charge in [-0.15, -0.1) is 0 Å². The van der Waals surface area contributed by atoms with Crippen LogP contribution in [0.3, 0.4) is 0 Å². The van der Waals surface area contributed by atoms with Gasteiger partial charge in [0.25, 0.3) is 0 Å². The van der Waals surface area contributed by atoms with Crippen LogP contribution in [0.25, 0.3) is 67.7 Å². The largest absolute Gasteiger partial charge is 0.256 e. The topological polar surface area (TPSA) is 51.6 Å². The summed E-state index contributed by atoms with van der Waals surface area (Å²) >= 11 is 0. The molecule has 0 aliphatic heterocycles. The molecule has 4 heteroatoms. The van der Waals surface area contributed by atoms with Crippen LogP contribution in [0.2, 0.25) is 0 Å². The van der Waals surface area contributed by atoms with Crippen LogP contribution < -0.4 is 0 Å². The molecule has 0 saturated heterocycles. The number of benzene rings is 5. The molecule has 0 atom stereocenters. The summed E-state index contributed by atoms with van der Waals surface area (Å²) in [5.74, 6) is 1.92. The SMILES string of the molecule is CC1(C)c2ccccc2-c2cc(-c3cccc(-c4nc(-c5ccccc5)nc(-c5ccc(-c6ccccn6)cc5)n4)c3)ccc21. The first-order valence-electron chi connectivity index (χ1n) is 15.2. The van der Waals surface area contributed by atoms with Gasteiger partial charge >= 0.3 is 0 Å². The molecule has 0 saturated carbocycles. The molecule has 0 bridgehead atoms. The molecule has 1 aliphatic carbocycles. The van der Waals surface area contributed by atoms with Crippen molar-refractivity contribution in [1.82, 2.24) is 19.9 Å². The first kappa shape index (κ1) is 26.9. The molecule has 0 N–H and O–H groups in total. The van der Waals surface area contributed by atoms with Gasteiger partial charge in [-0.3, -0.25) is 4.98 Å². The Labute approximate surface area is 263 Å². The number of aromatic nitrogens is 4. The van der Waals surface area contributed by atoms with E-state index in [1.54, 1.807) is 0 Å². The maximum Gasteiger partial charge on any atom is 0.164 e. The Balaban J connectivity index is 1.21. The molecule has 0 radical (unpaired) electrons. The maximum absolute atomic E-state index is 5.01. The summed E-state index contributed by atoms with van der Waals surface area (Å²) in [5, 5.41) is 0. The average Bonchev–Trinajstić information content (AvgIpc) is 3.34. The monoisotopic (exact) mass is 578 g/mol. The van der Waals surface area contributed by atoms with E-state index in [1.165, 1.54) is 27.8 Å². The van der Waals surface area contributed by atoms with Gasteiger partial charge in [0, 0.05) is 33.9 Å². The van der Waals surface area contributed by atoms with Crippen molar-refractivity contribution in [3.63, 3.8) is 0 Å². The Morgan fingerprint density at radius 2 is 0.956 bits per heavy atom. The third-order valence-corrected chi connectivity index (χ3v) is 8.81. The van der Waals surface area contributed by atoms with Crippen molar-refractivity contribution < 1.29 is 0 Å². The standard InChI is InChI=1S/C41H30N4/c1-41(2)35-16-7-6-15-33(35)34-26-31(22-23-36(34)41)30-13-10-14-32(25-30)40-44-38(28-11-4-3-5-12-28)43-39(45-40)29-20-18-27(19-21-29)37-17-8-9-24-42-37/h3-26H,1-2H3. The fourth-order valence-electron chi connectivity index (χ4n) is 6.41. The Morgan fingerprint density at radius 3 is 1.71 bits per heavy atom. The van der Waals surface area contributed by atoms with Crippen LogP contribution >= 0.6 is 0 Å². The normalized spacial score (nSPS) is 12.8. The number of hydrogen-bond acceptors (Lipinski definition) is 4. The van der Waals surface area contributed by atoms with Gasteiger partial charge in [0.2, 0.25) is 0 Å². The van der Waals surface area contributed by atoms with E-state index in [0.29, 0.717) is 17.5 Å². The van der Waals surface area contributed by atoms with Crippen LogP contribution in [-0.4, -0.2) is 19.9 Å². The molecule has 5 aromatic carbocycles. The summed E-state index contributed by atoms with van der Waals surface area (Å²) in [6.07, 6.45) is 1.81. The lowest BCUT2D eigenvalue weighted by molar-refractivity contribution is 0.660. The van der Waals surface area contributed by atoms with Gasteiger partial charge in [-0.25, -0.2) is 15.0 Å². The number of nitrogens with zero attached hydrogens (tertiary/aromatic N) is 4. The van der Waals surface area contributed by atoms with Crippen molar-refractivity contribution in [3.05, 3.63) is 157 Å². The summed E-state index contributed by atoms with van der Waals surface area (Å²) in [7, 11) is 0. The summed E-state index contributed by atoms with van der Waals surface area (Å²) in [5.41, 5.74) is 12.4.